The number of rotatable bonds is 8. The molecule has 9 nitrogen and oxygen atoms in total. The number of benzene rings is 2. The highest BCUT2D eigenvalue weighted by Gasteiger charge is 2.34. The number of nitrogens with zero attached hydrogens (tertiary/aromatic N) is 2. The number of ether oxygens (including phenoxy) is 2. The fourth-order valence-electron chi connectivity index (χ4n) is 5.52. The molecule has 1 N–H and O–H groups in total. The lowest BCUT2D eigenvalue weighted by molar-refractivity contribution is -0.172. The summed E-state index contributed by atoms with van der Waals surface area (Å²) in [7, 11) is 1.71. The first-order valence-electron chi connectivity index (χ1n) is 13.1. The van der Waals surface area contributed by atoms with Crippen LogP contribution < -0.4 is 4.74 Å². The monoisotopic (exact) mass is 519 g/mol. The molecule has 2 fully saturated rings. The predicted octanol–water partition coefficient (Wildman–Crippen LogP) is 4.45. The zero-order valence-electron chi connectivity index (χ0n) is 22.0. The van der Waals surface area contributed by atoms with E-state index in [2.05, 4.69) is 28.9 Å². The second-order valence-electron chi connectivity index (χ2n) is 9.81. The highest BCUT2D eigenvalue weighted by molar-refractivity contribution is 6.02. The normalized spacial score (nSPS) is 20.3. The number of likely N-dealkylation sites (tertiary alicyclic amines) is 1. The highest BCUT2D eigenvalue weighted by Crippen LogP contribution is 2.38. The Morgan fingerprint density at radius 3 is 2.53 bits per heavy atom. The Hall–Kier alpha value is -3.69. The topological polar surface area (TPSA) is 101 Å². The third kappa shape index (κ3) is 5.04. The number of hydrogen-bond donors (Lipinski definition) is 1. The third-order valence-corrected chi connectivity index (χ3v) is 7.47. The maximum absolute atomic E-state index is 12.6. The van der Waals surface area contributed by atoms with E-state index < -0.39 is 17.8 Å². The number of fused-ring (bicyclic) bond motifs is 1. The second-order valence-corrected chi connectivity index (χ2v) is 9.81. The Morgan fingerprint density at radius 1 is 1.11 bits per heavy atom. The minimum absolute atomic E-state index is 0.0599. The lowest BCUT2D eigenvalue weighted by Crippen LogP contribution is -2.39. The Morgan fingerprint density at radius 2 is 1.84 bits per heavy atom. The van der Waals surface area contributed by atoms with Crippen molar-refractivity contribution in [3.63, 3.8) is 0 Å². The molecule has 3 heterocycles. The molecular weight excluding hydrogens is 486 g/mol. The van der Waals surface area contributed by atoms with Crippen LogP contribution in [0.3, 0.4) is 0 Å². The van der Waals surface area contributed by atoms with Gasteiger partial charge >= 0.3 is 5.97 Å². The quantitative estimate of drug-likeness (QED) is 0.439. The number of methoxy groups -OCH3 is 1. The molecule has 2 amide bonds. The van der Waals surface area contributed by atoms with E-state index in [4.69, 9.17) is 14.3 Å². The van der Waals surface area contributed by atoms with Gasteiger partial charge in [-0.15, -0.1) is 5.06 Å². The number of aromatic nitrogens is 1. The fraction of sp³-hybridized carbons (Fsp3) is 0.414. The number of aromatic amines is 1. The molecule has 3 aromatic rings. The zero-order valence-corrected chi connectivity index (χ0v) is 22.0. The van der Waals surface area contributed by atoms with Crippen molar-refractivity contribution in [2.45, 2.75) is 58.2 Å². The largest absolute Gasteiger partial charge is 0.496 e. The van der Waals surface area contributed by atoms with Gasteiger partial charge in [0, 0.05) is 61.2 Å². The first-order chi connectivity index (χ1) is 18.4. The van der Waals surface area contributed by atoms with Crippen LogP contribution in [-0.2, 0) is 25.7 Å². The van der Waals surface area contributed by atoms with E-state index in [0.29, 0.717) is 18.2 Å². The van der Waals surface area contributed by atoms with Gasteiger partial charge in [0.15, 0.2) is 0 Å². The number of H-pyrrole nitrogens is 1. The molecule has 2 saturated heterocycles. The number of nitrogens with one attached hydrogen (secondary N) is 1. The van der Waals surface area contributed by atoms with E-state index >= 15 is 0 Å². The van der Waals surface area contributed by atoms with Gasteiger partial charge in [0.1, 0.15) is 5.75 Å². The van der Waals surface area contributed by atoms with Crippen LogP contribution in [0.25, 0.3) is 10.9 Å². The molecule has 2 aliphatic rings. The number of hydrogen-bond acceptors (Lipinski definition) is 7. The van der Waals surface area contributed by atoms with E-state index in [1.54, 1.807) is 19.2 Å². The minimum Gasteiger partial charge on any atom is -0.496 e. The number of piperidine rings is 1. The number of imide groups is 1. The molecule has 2 atom stereocenters. The van der Waals surface area contributed by atoms with Gasteiger partial charge in [-0.25, -0.2) is 4.79 Å². The molecule has 38 heavy (non-hydrogen) atoms. The van der Waals surface area contributed by atoms with Gasteiger partial charge in [-0.1, -0.05) is 12.1 Å². The van der Waals surface area contributed by atoms with Crippen LogP contribution in [0.1, 0.15) is 65.7 Å². The first-order valence-corrected chi connectivity index (χ1v) is 13.1. The molecule has 0 saturated carbocycles. The van der Waals surface area contributed by atoms with E-state index in [1.807, 2.05) is 25.3 Å². The second kappa shape index (κ2) is 11.0. The van der Waals surface area contributed by atoms with Crippen molar-refractivity contribution >= 4 is 28.7 Å². The number of carbonyl (C=O) groups excluding carboxylic acids is 3. The molecule has 1 unspecified atom stereocenters. The molecule has 0 spiro atoms. The summed E-state index contributed by atoms with van der Waals surface area (Å²) >= 11 is 0. The molecule has 5 rings (SSSR count). The van der Waals surface area contributed by atoms with E-state index in [1.165, 1.54) is 0 Å². The summed E-state index contributed by atoms with van der Waals surface area (Å²) in [5.74, 6) is -0.859. The molecule has 0 aliphatic carbocycles. The van der Waals surface area contributed by atoms with Crippen LogP contribution in [-0.4, -0.2) is 59.1 Å². The summed E-state index contributed by atoms with van der Waals surface area (Å²) < 4.78 is 11.8. The molecular formula is C29H33N3O6. The Kier molecular flexibility index (Phi) is 7.49. The lowest BCUT2D eigenvalue weighted by atomic mass is 9.91. The van der Waals surface area contributed by atoms with Crippen LogP contribution in [0.15, 0.2) is 42.6 Å². The van der Waals surface area contributed by atoms with Crippen LogP contribution in [0, 0.1) is 6.92 Å². The van der Waals surface area contributed by atoms with Crippen molar-refractivity contribution in [3.8, 4) is 5.75 Å². The van der Waals surface area contributed by atoms with Gasteiger partial charge in [-0.05, 0) is 62.1 Å². The van der Waals surface area contributed by atoms with Crippen molar-refractivity contribution in [1.82, 2.24) is 14.9 Å². The fourth-order valence-corrected chi connectivity index (χ4v) is 5.52. The van der Waals surface area contributed by atoms with Gasteiger partial charge in [0.05, 0.1) is 18.8 Å². The SMILES string of the molecule is CCO[C@H]1CCN(Cc2c(OC)cc(C)c3[nH]ccc23)C(c2ccc(C(=O)ON3C(=O)CCC3=O)cc2)C1. The van der Waals surface area contributed by atoms with Crippen molar-refractivity contribution in [3.05, 3.63) is 64.8 Å². The predicted molar refractivity (Wildman–Crippen MR) is 140 cm³/mol. The summed E-state index contributed by atoms with van der Waals surface area (Å²) in [6.07, 6.45) is 3.97. The number of amides is 2. The Labute approximate surface area is 221 Å². The molecule has 0 bridgehead atoms. The maximum Gasteiger partial charge on any atom is 0.363 e. The molecule has 200 valence electrons. The van der Waals surface area contributed by atoms with Crippen LogP contribution in [0.5, 0.6) is 5.75 Å². The van der Waals surface area contributed by atoms with Gasteiger partial charge in [0.25, 0.3) is 11.8 Å². The van der Waals surface area contributed by atoms with E-state index in [9.17, 15) is 14.4 Å². The molecule has 2 aromatic carbocycles. The van der Waals surface area contributed by atoms with Crippen molar-refractivity contribution < 1.29 is 28.7 Å². The number of aryl methyl sites for hydroxylation is 1. The van der Waals surface area contributed by atoms with Crippen molar-refractivity contribution in [1.29, 1.82) is 0 Å². The van der Waals surface area contributed by atoms with Gasteiger partial charge in [-0.3, -0.25) is 14.5 Å². The van der Waals surface area contributed by atoms with Crippen LogP contribution >= 0.6 is 0 Å². The highest BCUT2D eigenvalue weighted by atomic mass is 16.7. The van der Waals surface area contributed by atoms with E-state index in [-0.39, 0.29) is 30.6 Å². The number of carbonyl (C=O) groups is 3. The summed E-state index contributed by atoms with van der Waals surface area (Å²) in [5.41, 5.74) is 4.71. The lowest BCUT2D eigenvalue weighted by Gasteiger charge is -2.40. The average molecular weight is 520 g/mol. The summed E-state index contributed by atoms with van der Waals surface area (Å²) in [4.78, 5) is 47.1. The third-order valence-electron chi connectivity index (χ3n) is 7.47. The van der Waals surface area contributed by atoms with Crippen LogP contribution in [0.2, 0.25) is 0 Å². The first kappa shape index (κ1) is 25.9. The van der Waals surface area contributed by atoms with Gasteiger partial charge < -0.3 is 19.3 Å². The maximum atomic E-state index is 12.6. The average Bonchev–Trinajstić information content (AvgIpc) is 3.54. The van der Waals surface area contributed by atoms with Crippen molar-refractivity contribution in [2.24, 2.45) is 0 Å². The van der Waals surface area contributed by atoms with Gasteiger partial charge in [-0.2, -0.15) is 0 Å². The number of hydroxylamine groups is 2. The Balaban J connectivity index is 1.40. The smallest absolute Gasteiger partial charge is 0.363 e. The molecule has 2 aliphatic heterocycles. The van der Waals surface area contributed by atoms with E-state index in [0.717, 1.165) is 52.7 Å². The Bertz CT molecular complexity index is 1330. The molecule has 0 radical (unpaired) electrons. The standard InChI is InChI=1S/C29H33N3O6/c1-4-37-21-12-14-31(17-23-22-11-13-30-28(22)18(2)15-25(23)36-3)24(16-21)19-5-7-20(8-6-19)29(35)38-32-26(33)9-10-27(32)34/h5-8,11,13,15,21,24,30H,4,9-10,12,14,16-17H2,1-3H3/t21-,24?/m0/s1. The molecule has 9 heteroatoms. The van der Waals surface area contributed by atoms with Crippen LogP contribution in [0.4, 0.5) is 0 Å². The summed E-state index contributed by atoms with van der Waals surface area (Å²) in [5, 5.41) is 1.72. The molecule has 1 aromatic heterocycles. The van der Waals surface area contributed by atoms with Gasteiger partial charge in [0.2, 0.25) is 0 Å². The zero-order chi connectivity index (χ0) is 26.8. The summed E-state index contributed by atoms with van der Waals surface area (Å²) in [6, 6.07) is 11.4. The summed E-state index contributed by atoms with van der Waals surface area (Å²) in [6.45, 7) is 6.29. The van der Waals surface area contributed by atoms with Crippen molar-refractivity contribution in [2.75, 3.05) is 20.3 Å². The minimum atomic E-state index is -0.730.